The van der Waals surface area contributed by atoms with Crippen LogP contribution in [-0.4, -0.2) is 6.04 Å². The van der Waals surface area contributed by atoms with Crippen molar-refractivity contribution < 1.29 is 4.39 Å². The van der Waals surface area contributed by atoms with Crippen molar-refractivity contribution in [1.82, 2.24) is 0 Å². The van der Waals surface area contributed by atoms with Gasteiger partial charge < -0.3 is 5.32 Å². The first-order chi connectivity index (χ1) is 8.38. The summed E-state index contributed by atoms with van der Waals surface area (Å²) >= 11 is 0. The lowest BCUT2D eigenvalue weighted by atomic mass is 9.95. The second-order valence-electron chi connectivity index (χ2n) is 6.06. The van der Waals surface area contributed by atoms with E-state index >= 15 is 0 Å². The van der Waals surface area contributed by atoms with Crippen molar-refractivity contribution in [2.24, 2.45) is 11.8 Å². The molecule has 0 amide bonds. The van der Waals surface area contributed by atoms with Gasteiger partial charge in [0.05, 0.1) is 0 Å². The summed E-state index contributed by atoms with van der Waals surface area (Å²) in [6.45, 7) is 10.7. The summed E-state index contributed by atoms with van der Waals surface area (Å²) < 4.78 is 13.5. The zero-order chi connectivity index (χ0) is 13.7. The molecule has 1 aromatic rings. The molecule has 0 aliphatic rings. The maximum Gasteiger partial charge on any atom is 0.128 e. The zero-order valence-electron chi connectivity index (χ0n) is 12.3. The normalized spacial score (nSPS) is 11.6. The van der Waals surface area contributed by atoms with Crippen molar-refractivity contribution in [1.29, 1.82) is 0 Å². The Morgan fingerprint density at radius 1 is 1.06 bits per heavy atom. The Labute approximate surface area is 111 Å². The van der Waals surface area contributed by atoms with Crippen LogP contribution in [0.2, 0.25) is 0 Å². The number of halogens is 1. The van der Waals surface area contributed by atoms with Gasteiger partial charge in [0.1, 0.15) is 5.82 Å². The summed E-state index contributed by atoms with van der Waals surface area (Å²) in [6, 6.07) is 5.82. The highest BCUT2D eigenvalue weighted by molar-refractivity contribution is 5.46. The standard InChI is InChI=1S/C16H26FN/c1-11(2)8-15(9-12(3)4)18-14-7-6-13(5)16(17)10-14/h6-7,10-12,15,18H,8-9H2,1-5H3. The molecule has 0 radical (unpaired) electrons. The van der Waals surface area contributed by atoms with E-state index in [0.717, 1.165) is 18.5 Å². The van der Waals surface area contributed by atoms with Crippen molar-refractivity contribution in [3.63, 3.8) is 0 Å². The Balaban J connectivity index is 2.71. The van der Waals surface area contributed by atoms with E-state index in [1.54, 1.807) is 13.0 Å². The highest BCUT2D eigenvalue weighted by atomic mass is 19.1. The lowest BCUT2D eigenvalue weighted by molar-refractivity contribution is 0.442. The van der Waals surface area contributed by atoms with E-state index in [9.17, 15) is 4.39 Å². The van der Waals surface area contributed by atoms with Gasteiger partial charge in [-0.15, -0.1) is 0 Å². The van der Waals surface area contributed by atoms with Gasteiger partial charge in [0.2, 0.25) is 0 Å². The van der Waals surface area contributed by atoms with Gasteiger partial charge in [0.25, 0.3) is 0 Å². The van der Waals surface area contributed by atoms with E-state index in [1.807, 2.05) is 12.1 Å². The minimum Gasteiger partial charge on any atom is -0.382 e. The van der Waals surface area contributed by atoms with Crippen LogP contribution in [0.5, 0.6) is 0 Å². The third kappa shape index (κ3) is 5.07. The molecule has 1 N–H and O–H groups in total. The van der Waals surface area contributed by atoms with Gasteiger partial charge in [-0.25, -0.2) is 4.39 Å². The molecule has 0 aliphatic carbocycles. The Kier molecular flexibility index (Phi) is 5.64. The maximum atomic E-state index is 13.5. The fraction of sp³-hybridized carbons (Fsp3) is 0.625. The summed E-state index contributed by atoms with van der Waals surface area (Å²) in [5.41, 5.74) is 1.59. The molecule has 0 bridgehead atoms. The van der Waals surface area contributed by atoms with Gasteiger partial charge >= 0.3 is 0 Å². The van der Waals surface area contributed by atoms with Gasteiger partial charge in [0.15, 0.2) is 0 Å². The molecule has 1 rings (SSSR count). The molecule has 0 spiro atoms. The highest BCUT2D eigenvalue weighted by Crippen LogP contribution is 2.20. The largest absolute Gasteiger partial charge is 0.382 e. The minimum absolute atomic E-state index is 0.132. The fourth-order valence-corrected chi connectivity index (χ4v) is 2.27. The molecule has 0 heterocycles. The summed E-state index contributed by atoms with van der Waals surface area (Å²) in [5, 5.41) is 3.47. The predicted octanol–water partition coefficient (Wildman–Crippen LogP) is 5.01. The topological polar surface area (TPSA) is 12.0 Å². The van der Waals surface area contributed by atoms with Gasteiger partial charge in [0, 0.05) is 11.7 Å². The summed E-state index contributed by atoms with van der Waals surface area (Å²) in [5.74, 6) is 1.17. The molecule has 0 saturated carbocycles. The molecule has 0 unspecified atom stereocenters. The highest BCUT2D eigenvalue weighted by Gasteiger charge is 2.13. The van der Waals surface area contributed by atoms with Crippen molar-refractivity contribution in [3.8, 4) is 0 Å². The predicted molar refractivity (Wildman–Crippen MR) is 77.5 cm³/mol. The van der Waals surface area contributed by atoms with E-state index in [-0.39, 0.29) is 5.82 Å². The first-order valence-corrected chi connectivity index (χ1v) is 6.91. The molecule has 0 aliphatic heterocycles. The second kappa shape index (κ2) is 6.77. The van der Waals surface area contributed by atoms with Crippen LogP contribution in [0.1, 0.15) is 46.1 Å². The number of hydrogen-bond acceptors (Lipinski definition) is 1. The van der Waals surface area contributed by atoms with Crippen molar-refractivity contribution in [2.75, 3.05) is 5.32 Å². The van der Waals surface area contributed by atoms with Crippen LogP contribution in [0.3, 0.4) is 0 Å². The molecule has 102 valence electrons. The molecular weight excluding hydrogens is 225 g/mol. The summed E-state index contributed by atoms with van der Waals surface area (Å²) in [7, 11) is 0. The van der Waals surface area contributed by atoms with Crippen LogP contribution in [0.15, 0.2) is 18.2 Å². The molecule has 2 heteroatoms. The van der Waals surface area contributed by atoms with Gasteiger partial charge in [-0.3, -0.25) is 0 Å². The third-order valence-corrected chi connectivity index (χ3v) is 3.05. The van der Waals surface area contributed by atoms with Crippen LogP contribution in [-0.2, 0) is 0 Å². The molecular formula is C16H26FN. The molecule has 1 aromatic carbocycles. The van der Waals surface area contributed by atoms with E-state index in [1.165, 1.54) is 0 Å². The van der Waals surface area contributed by atoms with Gasteiger partial charge in [-0.05, 0) is 49.3 Å². The Bertz CT molecular complexity index is 361. The third-order valence-electron chi connectivity index (χ3n) is 3.05. The molecule has 0 fully saturated rings. The smallest absolute Gasteiger partial charge is 0.128 e. The van der Waals surface area contributed by atoms with Crippen molar-refractivity contribution >= 4 is 5.69 Å². The molecule has 18 heavy (non-hydrogen) atoms. The number of benzene rings is 1. The minimum atomic E-state index is -0.132. The van der Waals surface area contributed by atoms with Crippen molar-refractivity contribution in [3.05, 3.63) is 29.6 Å². The lowest BCUT2D eigenvalue weighted by Crippen LogP contribution is -2.23. The van der Waals surface area contributed by atoms with Crippen LogP contribution < -0.4 is 5.32 Å². The van der Waals surface area contributed by atoms with Crippen LogP contribution in [0.25, 0.3) is 0 Å². The van der Waals surface area contributed by atoms with E-state index < -0.39 is 0 Å². The molecule has 0 aromatic heterocycles. The van der Waals surface area contributed by atoms with Crippen LogP contribution in [0.4, 0.5) is 10.1 Å². The molecule has 0 atom stereocenters. The Hall–Kier alpha value is -1.05. The summed E-state index contributed by atoms with van der Waals surface area (Å²) in [6.07, 6.45) is 2.24. The number of rotatable bonds is 6. The lowest BCUT2D eigenvalue weighted by Gasteiger charge is -2.23. The molecule has 0 saturated heterocycles. The average Bonchev–Trinajstić information content (AvgIpc) is 2.21. The maximum absolute atomic E-state index is 13.5. The number of anilines is 1. The van der Waals surface area contributed by atoms with E-state index in [2.05, 4.69) is 33.0 Å². The number of hydrogen-bond donors (Lipinski definition) is 1. The van der Waals surface area contributed by atoms with Crippen molar-refractivity contribution in [2.45, 2.75) is 53.5 Å². The first kappa shape index (κ1) is 15.0. The number of aryl methyl sites for hydroxylation is 1. The quantitative estimate of drug-likeness (QED) is 0.749. The Morgan fingerprint density at radius 2 is 1.61 bits per heavy atom. The van der Waals surface area contributed by atoms with E-state index in [4.69, 9.17) is 0 Å². The van der Waals surface area contributed by atoms with Gasteiger partial charge in [-0.2, -0.15) is 0 Å². The Morgan fingerprint density at radius 3 is 2.06 bits per heavy atom. The average molecular weight is 251 g/mol. The number of nitrogens with one attached hydrogen (secondary N) is 1. The molecule has 1 nitrogen and oxygen atoms in total. The SMILES string of the molecule is Cc1ccc(NC(CC(C)C)CC(C)C)cc1F. The second-order valence-corrected chi connectivity index (χ2v) is 6.06. The van der Waals surface area contributed by atoms with Crippen LogP contribution in [0, 0.1) is 24.6 Å². The van der Waals surface area contributed by atoms with E-state index in [0.29, 0.717) is 23.4 Å². The van der Waals surface area contributed by atoms with Crippen LogP contribution >= 0.6 is 0 Å². The van der Waals surface area contributed by atoms with Gasteiger partial charge in [-0.1, -0.05) is 33.8 Å². The zero-order valence-corrected chi connectivity index (χ0v) is 12.3. The first-order valence-electron chi connectivity index (χ1n) is 6.91. The fourth-order valence-electron chi connectivity index (χ4n) is 2.27. The summed E-state index contributed by atoms with van der Waals surface area (Å²) in [4.78, 5) is 0. The monoisotopic (exact) mass is 251 g/mol.